The van der Waals surface area contributed by atoms with Crippen LogP contribution in [0.25, 0.3) is 5.88 Å². The lowest BCUT2D eigenvalue weighted by molar-refractivity contribution is 0.537. The van der Waals surface area contributed by atoms with E-state index in [-0.39, 0.29) is 5.43 Å². The molecule has 60 valence electrons. The fourth-order valence-electron chi connectivity index (χ4n) is 0.977. The van der Waals surface area contributed by atoms with E-state index in [0.717, 1.165) is 0 Å². The van der Waals surface area contributed by atoms with Gasteiger partial charge >= 0.3 is 0 Å². The number of hydrogen-bond acceptors (Lipinski definition) is 2. The number of furan rings is 1. The Kier molecular flexibility index (Phi) is 1.55. The van der Waals surface area contributed by atoms with Gasteiger partial charge in [0.05, 0.1) is 6.26 Å². The van der Waals surface area contributed by atoms with Gasteiger partial charge in [-0.3, -0.25) is 9.36 Å². The molecule has 0 N–H and O–H groups in total. The van der Waals surface area contributed by atoms with Gasteiger partial charge in [-0.05, 0) is 6.07 Å². The van der Waals surface area contributed by atoms with Gasteiger partial charge in [-0.1, -0.05) is 0 Å². The van der Waals surface area contributed by atoms with Gasteiger partial charge in [0.25, 0.3) is 0 Å². The van der Waals surface area contributed by atoms with Crippen LogP contribution in [0.3, 0.4) is 0 Å². The van der Waals surface area contributed by atoms with E-state index >= 15 is 0 Å². The van der Waals surface area contributed by atoms with Crippen LogP contribution < -0.4 is 5.43 Å². The van der Waals surface area contributed by atoms with Crippen molar-refractivity contribution in [3.63, 3.8) is 0 Å². The van der Waals surface area contributed by atoms with Crippen LogP contribution in [0, 0.1) is 0 Å². The van der Waals surface area contributed by atoms with Crippen molar-refractivity contribution in [2.24, 2.45) is 0 Å². The van der Waals surface area contributed by atoms with Crippen LogP contribution in [0.1, 0.15) is 0 Å². The lowest BCUT2D eigenvalue weighted by Gasteiger charge is -1.98. The number of rotatable bonds is 1. The van der Waals surface area contributed by atoms with Crippen molar-refractivity contribution >= 4 is 0 Å². The molecule has 2 aromatic heterocycles. The fourth-order valence-corrected chi connectivity index (χ4v) is 0.977. The van der Waals surface area contributed by atoms with Crippen molar-refractivity contribution < 1.29 is 4.42 Å². The maximum absolute atomic E-state index is 10.7. The first kappa shape index (κ1) is 6.91. The summed E-state index contributed by atoms with van der Waals surface area (Å²) in [5.74, 6) is 0.704. The van der Waals surface area contributed by atoms with Crippen molar-refractivity contribution in [1.29, 1.82) is 0 Å². The molecule has 3 nitrogen and oxygen atoms in total. The van der Waals surface area contributed by atoms with E-state index in [4.69, 9.17) is 4.42 Å². The van der Waals surface area contributed by atoms with Crippen molar-refractivity contribution in [2.45, 2.75) is 0 Å². The topological polar surface area (TPSA) is 35.1 Å². The molecule has 0 unspecified atom stereocenters. The number of hydrogen-bond donors (Lipinski definition) is 0. The van der Waals surface area contributed by atoms with Crippen LogP contribution in [0.2, 0.25) is 0 Å². The summed E-state index contributed by atoms with van der Waals surface area (Å²) < 4.78 is 6.86. The summed E-state index contributed by atoms with van der Waals surface area (Å²) in [6.45, 7) is 0. The van der Waals surface area contributed by atoms with Crippen molar-refractivity contribution in [1.82, 2.24) is 4.57 Å². The minimum atomic E-state index is -0.00203. The first-order valence-corrected chi connectivity index (χ1v) is 3.58. The second-order valence-electron chi connectivity index (χ2n) is 2.39. The second kappa shape index (κ2) is 2.70. The van der Waals surface area contributed by atoms with Crippen LogP contribution in [0.5, 0.6) is 0 Å². The lowest BCUT2D eigenvalue weighted by Crippen LogP contribution is -2.00. The maximum atomic E-state index is 10.7. The molecule has 3 heteroatoms. The normalized spacial score (nSPS) is 10.0. The molecule has 0 bridgehead atoms. The summed E-state index contributed by atoms with van der Waals surface area (Å²) in [7, 11) is 0. The van der Waals surface area contributed by atoms with E-state index in [0.29, 0.717) is 5.88 Å². The van der Waals surface area contributed by atoms with Gasteiger partial charge < -0.3 is 4.42 Å². The highest BCUT2D eigenvalue weighted by Crippen LogP contribution is 2.05. The first-order valence-electron chi connectivity index (χ1n) is 3.58. The van der Waals surface area contributed by atoms with E-state index < -0.39 is 0 Å². The van der Waals surface area contributed by atoms with E-state index in [1.807, 2.05) is 6.07 Å². The van der Waals surface area contributed by atoms with Crippen LogP contribution in [0.4, 0.5) is 0 Å². The van der Waals surface area contributed by atoms with Crippen LogP contribution in [-0.4, -0.2) is 4.57 Å². The van der Waals surface area contributed by atoms with Gasteiger partial charge in [0, 0.05) is 30.6 Å². The molecule has 0 aromatic carbocycles. The molecule has 0 saturated carbocycles. The SMILES string of the molecule is O=c1ccn(-c2ccco2)cc1. The van der Waals surface area contributed by atoms with Crippen LogP contribution in [-0.2, 0) is 0 Å². The lowest BCUT2D eigenvalue weighted by atomic mass is 10.4. The standard InChI is InChI=1S/C9H7NO2/c11-8-3-5-10(6-4-8)9-2-1-7-12-9/h1-7H. The Morgan fingerprint density at radius 3 is 2.50 bits per heavy atom. The van der Waals surface area contributed by atoms with E-state index in [2.05, 4.69) is 0 Å². The maximum Gasteiger partial charge on any atom is 0.203 e. The Hall–Kier alpha value is -1.77. The molecule has 0 amide bonds. The molecule has 2 heterocycles. The Labute approximate surface area is 68.9 Å². The Bertz CT molecular complexity index is 394. The minimum Gasteiger partial charge on any atom is -0.448 e. The van der Waals surface area contributed by atoms with Crippen molar-refractivity contribution in [3.05, 3.63) is 53.1 Å². The summed E-state index contributed by atoms with van der Waals surface area (Å²) in [6.07, 6.45) is 4.93. The molecule has 0 saturated heterocycles. The summed E-state index contributed by atoms with van der Waals surface area (Å²) >= 11 is 0. The highest BCUT2D eigenvalue weighted by atomic mass is 16.3. The predicted molar refractivity (Wildman–Crippen MR) is 44.3 cm³/mol. The van der Waals surface area contributed by atoms with E-state index in [9.17, 15) is 4.79 Å². The number of aromatic nitrogens is 1. The Morgan fingerprint density at radius 2 is 1.92 bits per heavy atom. The molecule has 0 radical (unpaired) electrons. The quantitative estimate of drug-likeness (QED) is 0.634. The average molecular weight is 161 g/mol. The summed E-state index contributed by atoms with van der Waals surface area (Å²) in [5, 5.41) is 0. The van der Waals surface area contributed by atoms with Crippen molar-refractivity contribution in [3.8, 4) is 5.88 Å². The molecule has 0 atom stereocenters. The molecular weight excluding hydrogens is 154 g/mol. The van der Waals surface area contributed by atoms with Gasteiger partial charge in [0.2, 0.25) is 5.88 Å². The molecule has 2 aromatic rings. The molecule has 0 spiro atoms. The van der Waals surface area contributed by atoms with Gasteiger partial charge in [0.1, 0.15) is 0 Å². The van der Waals surface area contributed by atoms with Crippen LogP contribution >= 0.6 is 0 Å². The predicted octanol–water partition coefficient (Wildman–Crippen LogP) is 1.43. The zero-order chi connectivity index (χ0) is 8.39. The third-order valence-corrected chi connectivity index (χ3v) is 1.56. The highest BCUT2D eigenvalue weighted by molar-refractivity contribution is 5.18. The molecule has 0 aliphatic carbocycles. The Balaban J connectivity index is 2.49. The third kappa shape index (κ3) is 1.16. The minimum absolute atomic E-state index is 0.00203. The molecule has 2 rings (SSSR count). The first-order chi connectivity index (χ1) is 5.86. The van der Waals surface area contributed by atoms with Gasteiger partial charge in [-0.25, -0.2) is 0 Å². The smallest absolute Gasteiger partial charge is 0.203 e. The monoisotopic (exact) mass is 161 g/mol. The highest BCUT2D eigenvalue weighted by Gasteiger charge is 1.94. The average Bonchev–Trinajstić information content (AvgIpc) is 2.58. The van der Waals surface area contributed by atoms with Crippen molar-refractivity contribution in [2.75, 3.05) is 0 Å². The molecule has 12 heavy (non-hydrogen) atoms. The van der Waals surface area contributed by atoms with E-state index in [1.165, 1.54) is 12.1 Å². The van der Waals surface area contributed by atoms with E-state index in [1.54, 1.807) is 29.3 Å². The largest absolute Gasteiger partial charge is 0.448 e. The number of pyridine rings is 1. The fraction of sp³-hybridized carbons (Fsp3) is 0. The molecule has 0 aliphatic heterocycles. The zero-order valence-electron chi connectivity index (χ0n) is 6.31. The molecule has 0 aliphatic rings. The van der Waals surface area contributed by atoms with Crippen LogP contribution in [0.15, 0.2) is 52.1 Å². The molecule has 0 fully saturated rings. The second-order valence-corrected chi connectivity index (χ2v) is 2.39. The Morgan fingerprint density at radius 1 is 1.17 bits per heavy atom. The summed E-state index contributed by atoms with van der Waals surface area (Å²) in [6, 6.07) is 6.60. The zero-order valence-corrected chi connectivity index (χ0v) is 6.31. The summed E-state index contributed by atoms with van der Waals surface area (Å²) in [5.41, 5.74) is -0.00203. The van der Waals surface area contributed by atoms with Gasteiger partial charge in [0.15, 0.2) is 5.43 Å². The third-order valence-electron chi connectivity index (χ3n) is 1.56. The number of nitrogens with zero attached hydrogens (tertiary/aromatic N) is 1. The van der Waals surface area contributed by atoms with Gasteiger partial charge in [-0.15, -0.1) is 0 Å². The van der Waals surface area contributed by atoms with Gasteiger partial charge in [-0.2, -0.15) is 0 Å². The summed E-state index contributed by atoms with van der Waals surface area (Å²) in [4.78, 5) is 10.7. The molecular formula is C9H7NO2.